The number of allylic oxidation sites excluding steroid dienone is 1. The molecule has 2 aromatic carbocycles. The third-order valence-electron chi connectivity index (χ3n) is 4.44. The molecule has 0 N–H and O–H groups in total. The Morgan fingerprint density at radius 2 is 1.81 bits per heavy atom. The molecule has 0 unspecified atom stereocenters. The summed E-state index contributed by atoms with van der Waals surface area (Å²) in [6, 6.07) is 8.57. The molecule has 7 nitrogen and oxygen atoms in total. The number of esters is 1. The first-order chi connectivity index (χ1) is 14.6. The number of hydrogen-bond donors (Lipinski definition) is 0. The van der Waals surface area contributed by atoms with Crippen LogP contribution in [0.4, 0.5) is 0 Å². The van der Waals surface area contributed by atoms with Crippen molar-refractivity contribution in [2.24, 2.45) is 0 Å². The summed E-state index contributed by atoms with van der Waals surface area (Å²) in [7, 11) is 3.11. The van der Waals surface area contributed by atoms with E-state index < -0.39 is 11.6 Å². The number of Topliss-reactive ketones (excluding diaryl/α,β-unsaturated/α-hetero) is 1. The first-order valence-corrected chi connectivity index (χ1v) is 9.77. The van der Waals surface area contributed by atoms with E-state index >= 15 is 0 Å². The average molecular weight is 426 g/mol. The van der Waals surface area contributed by atoms with Gasteiger partial charge in [0.15, 0.2) is 12.4 Å². The summed E-state index contributed by atoms with van der Waals surface area (Å²) < 4.78 is 27.2. The van der Waals surface area contributed by atoms with Crippen LogP contribution in [-0.4, -0.2) is 38.2 Å². The second kappa shape index (κ2) is 8.71. The number of carbonyl (C=O) groups excluding carboxylic acids is 2. The van der Waals surface area contributed by atoms with Gasteiger partial charge in [-0.15, -0.1) is 0 Å². The largest absolute Gasteiger partial charge is 0.497 e. The lowest BCUT2D eigenvalue weighted by molar-refractivity contribution is -0.157. The second-order valence-corrected chi connectivity index (χ2v) is 8.04. The van der Waals surface area contributed by atoms with Crippen LogP contribution in [0.5, 0.6) is 23.0 Å². The Bertz CT molecular complexity index is 1040. The summed E-state index contributed by atoms with van der Waals surface area (Å²) in [4.78, 5) is 24.8. The van der Waals surface area contributed by atoms with Crippen molar-refractivity contribution >= 4 is 17.8 Å². The summed E-state index contributed by atoms with van der Waals surface area (Å²) in [6.45, 7) is 6.90. The number of aryl methyl sites for hydroxylation is 1. The Morgan fingerprint density at radius 1 is 1.06 bits per heavy atom. The van der Waals surface area contributed by atoms with E-state index in [4.69, 9.17) is 23.7 Å². The normalized spacial score (nSPS) is 14.1. The van der Waals surface area contributed by atoms with Gasteiger partial charge in [0, 0.05) is 11.6 Å². The van der Waals surface area contributed by atoms with Gasteiger partial charge in [0.25, 0.3) is 0 Å². The Hall–Kier alpha value is -3.48. The molecule has 0 amide bonds. The molecule has 164 valence electrons. The number of methoxy groups -OCH3 is 2. The van der Waals surface area contributed by atoms with Crippen LogP contribution in [0.15, 0.2) is 36.1 Å². The highest BCUT2D eigenvalue weighted by Gasteiger charge is 2.30. The van der Waals surface area contributed by atoms with Crippen LogP contribution in [0.1, 0.15) is 42.3 Å². The van der Waals surface area contributed by atoms with Gasteiger partial charge in [-0.05, 0) is 63.6 Å². The van der Waals surface area contributed by atoms with Gasteiger partial charge in [-0.1, -0.05) is 0 Å². The van der Waals surface area contributed by atoms with Gasteiger partial charge < -0.3 is 23.7 Å². The lowest BCUT2D eigenvalue weighted by atomic mass is 10.0. The Kier molecular flexibility index (Phi) is 6.24. The van der Waals surface area contributed by atoms with Gasteiger partial charge in [0.05, 0.1) is 19.8 Å². The molecule has 1 aliphatic heterocycles. The maximum absolute atomic E-state index is 12.9. The maximum atomic E-state index is 12.9. The van der Waals surface area contributed by atoms with E-state index in [1.807, 2.05) is 0 Å². The molecule has 0 saturated carbocycles. The Balaban J connectivity index is 1.83. The molecule has 0 bridgehead atoms. The highest BCUT2D eigenvalue weighted by atomic mass is 16.6. The molecule has 0 aliphatic carbocycles. The number of benzene rings is 2. The molecule has 2 aromatic rings. The standard InChI is InChI=1S/C24H26O7/c1-14-9-17(29-13-21(25)31-24(2,3)4)12-19-22(14)23(26)20(30-19)11-15-10-16(27-5)7-8-18(15)28-6/h7-12H,13H2,1-6H3/b20-11-. The zero-order valence-electron chi connectivity index (χ0n) is 18.5. The van der Waals surface area contributed by atoms with Crippen LogP contribution in [-0.2, 0) is 9.53 Å². The van der Waals surface area contributed by atoms with E-state index in [0.717, 1.165) is 0 Å². The predicted octanol–water partition coefficient (Wildman–Crippen LogP) is 4.35. The van der Waals surface area contributed by atoms with Crippen molar-refractivity contribution in [1.82, 2.24) is 0 Å². The summed E-state index contributed by atoms with van der Waals surface area (Å²) in [5, 5.41) is 0. The average Bonchev–Trinajstić information content (AvgIpc) is 3.00. The quantitative estimate of drug-likeness (QED) is 0.502. The Morgan fingerprint density at radius 3 is 2.45 bits per heavy atom. The van der Waals surface area contributed by atoms with Crippen LogP contribution in [0.3, 0.4) is 0 Å². The Labute approximate surface area is 181 Å². The van der Waals surface area contributed by atoms with E-state index in [0.29, 0.717) is 39.7 Å². The molecule has 0 spiro atoms. The minimum Gasteiger partial charge on any atom is -0.497 e. The van der Waals surface area contributed by atoms with Crippen molar-refractivity contribution in [3.8, 4) is 23.0 Å². The topological polar surface area (TPSA) is 80.3 Å². The number of hydrogen-bond acceptors (Lipinski definition) is 7. The van der Waals surface area contributed by atoms with Crippen LogP contribution in [0.2, 0.25) is 0 Å². The van der Waals surface area contributed by atoms with Gasteiger partial charge >= 0.3 is 5.97 Å². The monoisotopic (exact) mass is 426 g/mol. The van der Waals surface area contributed by atoms with E-state index in [1.54, 1.807) is 78.3 Å². The summed E-state index contributed by atoms with van der Waals surface area (Å²) >= 11 is 0. The summed E-state index contributed by atoms with van der Waals surface area (Å²) in [6.07, 6.45) is 1.62. The molecule has 1 aliphatic rings. The second-order valence-electron chi connectivity index (χ2n) is 8.04. The minimum atomic E-state index is -0.593. The van der Waals surface area contributed by atoms with Crippen molar-refractivity contribution in [2.75, 3.05) is 20.8 Å². The van der Waals surface area contributed by atoms with Crippen molar-refractivity contribution in [1.29, 1.82) is 0 Å². The zero-order valence-corrected chi connectivity index (χ0v) is 18.5. The van der Waals surface area contributed by atoms with E-state index in [1.165, 1.54) is 0 Å². The third kappa shape index (κ3) is 5.17. The van der Waals surface area contributed by atoms with Crippen LogP contribution >= 0.6 is 0 Å². The van der Waals surface area contributed by atoms with Crippen LogP contribution in [0, 0.1) is 6.92 Å². The lowest BCUT2D eigenvalue weighted by Crippen LogP contribution is -2.27. The fraction of sp³-hybridized carbons (Fsp3) is 0.333. The molecule has 3 rings (SSSR count). The number of carbonyl (C=O) groups is 2. The van der Waals surface area contributed by atoms with Crippen molar-refractivity contribution in [3.63, 3.8) is 0 Å². The van der Waals surface area contributed by atoms with E-state index in [2.05, 4.69) is 0 Å². The molecule has 31 heavy (non-hydrogen) atoms. The van der Waals surface area contributed by atoms with Gasteiger partial charge in [-0.2, -0.15) is 0 Å². The fourth-order valence-corrected chi connectivity index (χ4v) is 3.17. The van der Waals surface area contributed by atoms with Crippen molar-refractivity contribution in [3.05, 3.63) is 52.8 Å². The number of rotatable bonds is 6. The number of ether oxygens (including phenoxy) is 5. The van der Waals surface area contributed by atoms with Gasteiger partial charge in [-0.3, -0.25) is 4.79 Å². The molecular weight excluding hydrogens is 400 g/mol. The third-order valence-corrected chi connectivity index (χ3v) is 4.44. The van der Waals surface area contributed by atoms with Crippen molar-refractivity contribution < 1.29 is 33.3 Å². The van der Waals surface area contributed by atoms with E-state index in [-0.39, 0.29) is 18.1 Å². The smallest absolute Gasteiger partial charge is 0.344 e. The molecule has 0 atom stereocenters. The van der Waals surface area contributed by atoms with E-state index in [9.17, 15) is 9.59 Å². The molecule has 0 saturated heterocycles. The molecule has 0 fully saturated rings. The fourth-order valence-electron chi connectivity index (χ4n) is 3.17. The molecule has 7 heteroatoms. The number of ketones is 1. The molecule has 1 heterocycles. The minimum absolute atomic E-state index is 0.161. The predicted molar refractivity (Wildman–Crippen MR) is 115 cm³/mol. The highest BCUT2D eigenvalue weighted by molar-refractivity contribution is 6.15. The molecular formula is C24H26O7. The zero-order chi connectivity index (χ0) is 22.8. The van der Waals surface area contributed by atoms with Gasteiger partial charge in [0.1, 0.15) is 28.6 Å². The highest BCUT2D eigenvalue weighted by Crippen LogP contribution is 2.38. The van der Waals surface area contributed by atoms with Crippen molar-refractivity contribution in [2.45, 2.75) is 33.3 Å². The first kappa shape index (κ1) is 22.2. The maximum Gasteiger partial charge on any atom is 0.344 e. The van der Waals surface area contributed by atoms with Crippen LogP contribution in [0.25, 0.3) is 6.08 Å². The summed E-state index contributed by atoms with van der Waals surface area (Å²) in [5.41, 5.74) is 1.20. The first-order valence-electron chi connectivity index (χ1n) is 9.77. The summed E-state index contributed by atoms with van der Waals surface area (Å²) in [5.74, 6) is 1.44. The molecule has 0 radical (unpaired) electrons. The SMILES string of the molecule is COc1ccc(OC)c(/C=C2\Oc3cc(OCC(=O)OC(C)(C)C)cc(C)c3C2=O)c1. The van der Waals surface area contributed by atoms with Gasteiger partial charge in [-0.25, -0.2) is 4.79 Å². The number of fused-ring (bicyclic) bond motifs is 1. The van der Waals surface area contributed by atoms with Gasteiger partial charge in [0.2, 0.25) is 5.78 Å². The molecule has 0 aromatic heterocycles. The lowest BCUT2D eigenvalue weighted by Gasteiger charge is -2.19. The van der Waals surface area contributed by atoms with Crippen LogP contribution < -0.4 is 18.9 Å².